The Hall–Kier alpha value is -1.30. The molecule has 1 fully saturated rings. The molecule has 2 N–H and O–H groups in total. The maximum Gasteiger partial charge on any atom is 0.254 e. The molecule has 6 heteroatoms. The van der Waals surface area contributed by atoms with Crippen molar-refractivity contribution in [2.75, 3.05) is 44.0 Å². The Morgan fingerprint density at radius 3 is 2.95 bits per heavy atom. The quantitative estimate of drug-likeness (QED) is 0.879. The molecular weight excluding hydrogens is 266 g/mol. The van der Waals surface area contributed by atoms with Crippen molar-refractivity contribution in [3.63, 3.8) is 0 Å². The minimum Gasteiger partial charge on any atom is -0.376 e. The fraction of sp³-hybridized carbons (Fsp3) is 0.462. The van der Waals surface area contributed by atoms with Crippen LogP contribution in [0.3, 0.4) is 0 Å². The highest BCUT2D eigenvalue weighted by Gasteiger charge is 2.22. The first kappa shape index (κ1) is 14.1. The Kier molecular flexibility index (Phi) is 4.63. The molecule has 1 aromatic rings. The third kappa shape index (κ3) is 3.59. The van der Waals surface area contributed by atoms with Gasteiger partial charge in [-0.25, -0.2) is 0 Å². The van der Waals surface area contributed by atoms with Crippen molar-refractivity contribution in [2.24, 2.45) is 0 Å². The monoisotopic (exact) mass is 283 g/mol. The molecule has 0 aromatic heterocycles. The largest absolute Gasteiger partial charge is 0.376 e. The fourth-order valence-corrected chi connectivity index (χ4v) is 2.12. The number of hydrogen-bond donors (Lipinski definition) is 2. The molecule has 0 saturated carbocycles. The van der Waals surface area contributed by atoms with Crippen LogP contribution in [0.15, 0.2) is 18.2 Å². The number of ether oxygens (including phenoxy) is 1. The van der Waals surface area contributed by atoms with E-state index < -0.39 is 6.10 Å². The number of nitrogens with one attached hydrogen (secondary N) is 2. The van der Waals surface area contributed by atoms with Crippen molar-refractivity contribution >= 4 is 28.9 Å². The lowest BCUT2D eigenvalue weighted by molar-refractivity contribution is -0.128. The Labute approximate surface area is 117 Å². The summed E-state index contributed by atoms with van der Waals surface area (Å²) in [5.41, 5.74) is 1.60. The molecule has 0 aliphatic carbocycles. The number of halogens is 1. The van der Waals surface area contributed by atoms with Gasteiger partial charge in [0.25, 0.3) is 5.91 Å². The molecule has 0 bridgehead atoms. The molecule has 1 atom stereocenters. The van der Waals surface area contributed by atoms with Gasteiger partial charge in [-0.1, -0.05) is 11.6 Å². The van der Waals surface area contributed by atoms with Crippen molar-refractivity contribution in [1.29, 1.82) is 0 Å². The summed E-state index contributed by atoms with van der Waals surface area (Å²) < 4.78 is 5.42. The summed E-state index contributed by atoms with van der Waals surface area (Å²) in [6.07, 6.45) is -0.456. The molecule has 1 amide bonds. The average molecular weight is 284 g/mol. The summed E-state index contributed by atoms with van der Waals surface area (Å²) in [5.74, 6) is -0.155. The fourth-order valence-electron chi connectivity index (χ4n) is 1.95. The van der Waals surface area contributed by atoms with Gasteiger partial charge in [0.05, 0.1) is 18.0 Å². The van der Waals surface area contributed by atoms with Crippen molar-refractivity contribution in [2.45, 2.75) is 6.10 Å². The molecule has 1 aromatic carbocycles. The van der Waals surface area contributed by atoms with Gasteiger partial charge in [0.1, 0.15) is 6.10 Å². The van der Waals surface area contributed by atoms with Gasteiger partial charge in [0.2, 0.25) is 0 Å². The van der Waals surface area contributed by atoms with Crippen LogP contribution in [0, 0.1) is 0 Å². The number of morpholine rings is 1. The van der Waals surface area contributed by atoms with E-state index in [9.17, 15) is 4.79 Å². The highest BCUT2D eigenvalue weighted by molar-refractivity contribution is 6.31. The Morgan fingerprint density at radius 1 is 1.53 bits per heavy atom. The summed E-state index contributed by atoms with van der Waals surface area (Å²) in [6.45, 7) is 1.86. The molecule has 0 spiro atoms. The van der Waals surface area contributed by atoms with Crippen LogP contribution in [0.5, 0.6) is 0 Å². The molecule has 1 aliphatic rings. The third-order valence-electron chi connectivity index (χ3n) is 2.92. The zero-order valence-electron chi connectivity index (χ0n) is 11.1. The molecule has 2 rings (SSSR count). The predicted molar refractivity (Wildman–Crippen MR) is 77.0 cm³/mol. The Balaban J connectivity index is 2.13. The maximum absolute atomic E-state index is 12.1. The van der Waals surface area contributed by atoms with Gasteiger partial charge < -0.3 is 20.3 Å². The van der Waals surface area contributed by atoms with E-state index in [4.69, 9.17) is 16.3 Å². The molecule has 1 unspecified atom stereocenters. The molecule has 1 heterocycles. The average Bonchev–Trinajstić information content (AvgIpc) is 2.39. The van der Waals surface area contributed by atoms with Crippen LogP contribution in [0.2, 0.25) is 5.02 Å². The van der Waals surface area contributed by atoms with Crippen LogP contribution < -0.4 is 15.5 Å². The predicted octanol–water partition coefficient (Wildman–Crippen LogP) is 1.33. The second-order valence-corrected chi connectivity index (χ2v) is 5.05. The number of nitrogens with zero attached hydrogens (tertiary/aromatic N) is 1. The normalized spacial score (nSPS) is 19.0. The zero-order valence-corrected chi connectivity index (χ0v) is 11.8. The van der Waals surface area contributed by atoms with Gasteiger partial charge in [0, 0.05) is 32.2 Å². The highest BCUT2D eigenvalue weighted by atomic mass is 35.5. The van der Waals surface area contributed by atoms with Crippen LogP contribution >= 0.6 is 11.6 Å². The summed E-state index contributed by atoms with van der Waals surface area (Å²) in [5, 5.41) is 6.59. The first-order chi connectivity index (χ1) is 9.08. The van der Waals surface area contributed by atoms with Crippen LogP contribution in [0.4, 0.5) is 11.4 Å². The van der Waals surface area contributed by atoms with Crippen LogP contribution in [-0.2, 0) is 9.53 Å². The molecule has 0 radical (unpaired) electrons. The number of hydrogen-bond acceptors (Lipinski definition) is 4. The van der Waals surface area contributed by atoms with Gasteiger partial charge in [-0.3, -0.25) is 4.79 Å². The summed E-state index contributed by atoms with van der Waals surface area (Å²) in [4.78, 5) is 14.0. The van der Waals surface area contributed by atoms with Crippen molar-refractivity contribution < 1.29 is 9.53 Å². The second kappa shape index (κ2) is 6.23. The van der Waals surface area contributed by atoms with E-state index in [2.05, 4.69) is 10.6 Å². The zero-order chi connectivity index (χ0) is 13.8. The van der Waals surface area contributed by atoms with Crippen molar-refractivity contribution in [3.05, 3.63) is 23.2 Å². The molecule has 1 saturated heterocycles. The van der Waals surface area contributed by atoms with Gasteiger partial charge in [-0.05, 0) is 18.2 Å². The number of carbonyl (C=O) groups excluding carboxylic acids is 1. The van der Waals surface area contributed by atoms with Gasteiger partial charge in [0.15, 0.2) is 0 Å². The minimum atomic E-state index is -0.456. The summed E-state index contributed by atoms with van der Waals surface area (Å²) in [6, 6.07) is 5.41. The number of rotatable bonds is 3. The maximum atomic E-state index is 12.1. The molecular formula is C13H18ClN3O2. The van der Waals surface area contributed by atoms with E-state index in [-0.39, 0.29) is 5.91 Å². The van der Waals surface area contributed by atoms with Gasteiger partial charge >= 0.3 is 0 Å². The van der Waals surface area contributed by atoms with Crippen LogP contribution in [0.1, 0.15) is 0 Å². The smallest absolute Gasteiger partial charge is 0.254 e. The van der Waals surface area contributed by atoms with Crippen LogP contribution in [-0.4, -0.2) is 45.8 Å². The molecule has 5 nitrogen and oxygen atoms in total. The topological polar surface area (TPSA) is 53.6 Å². The van der Waals surface area contributed by atoms with Crippen molar-refractivity contribution in [3.8, 4) is 0 Å². The lowest BCUT2D eigenvalue weighted by Gasteiger charge is -2.24. The van der Waals surface area contributed by atoms with Crippen LogP contribution in [0.25, 0.3) is 0 Å². The molecule has 104 valence electrons. The van der Waals surface area contributed by atoms with E-state index in [1.807, 2.05) is 25.1 Å². The molecule has 19 heavy (non-hydrogen) atoms. The number of amides is 1. The van der Waals surface area contributed by atoms with E-state index in [0.717, 1.165) is 12.2 Å². The molecule has 1 aliphatic heterocycles. The highest BCUT2D eigenvalue weighted by Crippen LogP contribution is 2.28. The Bertz CT molecular complexity index is 459. The third-order valence-corrected chi connectivity index (χ3v) is 3.15. The SMILES string of the molecule is CN(C)c1ccc(Cl)cc1NC(=O)C1CNCCO1. The first-order valence-corrected chi connectivity index (χ1v) is 6.56. The lowest BCUT2D eigenvalue weighted by Crippen LogP contribution is -2.45. The number of carbonyl (C=O) groups is 1. The first-order valence-electron chi connectivity index (χ1n) is 6.18. The van der Waals surface area contributed by atoms with E-state index >= 15 is 0 Å². The lowest BCUT2D eigenvalue weighted by atomic mass is 10.2. The second-order valence-electron chi connectivity index (χ2n) is 4.61. The van der Waals surface area contributed by atoms with E-state index in [0.29, 0.717) is 23.9 Å². The number of anilines is 2. The number of benzene rings is 1. The van der Waals surface area contributed by atoms with E-state index in [1.54, 1.807) is 12.1 Å². The van der Waals surface area contributed by atoms with Gasteiger partial charge in [-0.15, -0.1) is 0 Å². The van der Waals surface area contributed by atoms with Gasteiger partial charge in [-0.2, -0.15) is 0 Å². The van der Waals surface area contributed by atoms with E-state index in [1.165, 1.54) is 0 Å². The van der Waals surface area contributed by atoms with Crippen molar-refractivity contribution in [1.82, 2.24) is 5.32 Å². The standard InChI is InChI=1S/C13H18ClN3O2/c1-17(2)11-4-3-9(14)7-10(11)16-13(18)12-8-15-5-6-19-12/h3-4,7,12,15H,5-6,8H2,1-2H3,(H,16,18). The summed E-state index contributed by atoms with van der Waals surface area (Å²) >= 11 is 5.98. The Morgan fingerprint density at radius 2 is 2.32 bits per heavy atom. The minimum absolute atomic E-state index is 0.155. The summed E-state index contributed by atoms with van der Waals surface area (Å²) in [7, 11) is 3.83.